The van der Waals surface area contributed by atoms with E-state index < -0.39 is 9.84 Å². The van der Waals surface area contributed by atoms with E-state index in [2.05, 4.69) is 4.98 Å². The van der Waals surface area contributed by atoms with Gasteiger partial charge in [-0.15, -0.1) is 0 Å². The molecule has 0 saturated heterocycles. The molecule has 1 aliphatic rings. The lowest BCUT2D eigenvalue weighted by Gasteiger charge is -2.07. The molecule has 1 fully saturated rings. The van der Waals surface area contributed by atoms with Crippen molar-refractivity contribution in [2.75, 3.05) is 6.26 Å². The standard InChI is InChI=1S/C12H12N2O3S2/c1-19(16,17)8-4-5-10-9(6-8)11(15)14(7-2-3-7)12(18)13-10/h4-7H,2-3H2,1H3,(H,13,18). The molecule has 7 heteroatoms. The van der Waals surface area contributed by atoms with E-state index >= 15 is 0 Å². The van der Waals surface area contributed by atoms with Crippen molar-refractivity contribution in [2.45, 2.75) is 23.8 Å². The van der Waals surface area contributed by atoms with Crippen LogP contribution in [0.3, 0.4) is 0 Å². The van der Waals surface area contributed by atoms with Gasteiger partial charge in [0.2, 0.25) is 0 Å². The summed E-state index contributed by atoms with van der Waals surface area (Å²) in [6.07, 6.45) is 3.00. The van der Waals surface area contributed by atoms with Gasteiger partial charge in [-0.05, 0) is 43.3 Å². The number of aromatic amines is 1. The highest BCUT2D eigenvalue weighted by Gasteiger charge is 2.26. The minimum Gasteiger partial charge on any atom is -0.332 e. The SMILES string of the molecule is CS(=O)(=O)c1ccc2[nH]c(=S)n(C3CC3)c(=O)c2c1. The molecule has 0 amide bonds. The van der Waals surface area contributed by atoms with Crippen LogP contribution in [-0.2, 0) is 9.84 Å². The summed E-state index contributed by atoms with van der Waals surface area (Å²) in [6, 6.07) is 4.63. The minimum absolute atomic E-state index is 0.143. The van der Waals surface area contributed by atoms with Crippen LogP contribution < -0.4 is 5.56 Å². The molecule has 1 aromatic heterocycles. The first-order valence-electron chi connectivity index (χ1n) is 5.86. The first kappa shape index (κ1) is 12.6. The molecule has 0 spiro atoms. The van der Waals surface area contributed by atoms with Gasteiger partial charge < -0.3 is 4.98 Å². The molecule has 100 valence electrons. The topological polar surface area (TPSA) is 71.9 Å². The third-order valence-corrected chi connectivity index (χ3v) is 4.65. The monoisotopic (exact) mass is 296 g/mol. The second-order valence-electron chi connectivity index (χ2n) is 4.82. The Kier molecular flexibility index (Phi) is 2.65. The molecule has 1 saturated carbocycles. The predicted octanol–water partition coefficient (Wildman–Crippen LogP) is 1.80. The molecule has 0 atom stereocenters. The van der Waals surface area contributed by atoms with Crippen molar-refractivity contribution in [1.82, 2.24) is 9.55 Å². The number of nitrogens with one attached hydrogen (secondary N) is 1. The highest BCUT2D eigenvalue weighted by Crippen LogP contribution is 2.33. The van der Waals surface area contributed by atoms with Gasteiger partial charge in [0.25, 0.3) is 5.56 Å². The van der Waals surface area contributed by atoms with Crippen LogP contribution >= 0.6 is 12.2 Å². The first-order chi connectivity index (χ1) is 8.88. The maximum absolute atomic E-state index is 12.4. The van der Waals surface area contributed by atoms with Crippen LogP contribution in [0.2, 0.25) is 0 Å². The summed E-state index contributed by atoms with van der Waals surface area (Å²) in [5.74, 6) is 0. The van der Waals surface area contributed by atoms with Gasteiger partial charge in [0, 0.05) is 12.3 Å². The average molecular weight is 296 g/mol. The maximum atomic E-state index is 12.4. The Hall–Kier alpha value is -1.47. The lowest BCUT2D eigenvalue weighted by Crippen LogP contribution is -2.21. The zero-order chi connectivity index (χ0) is 13.8. The van der Waals surface area contributed by atoms with Gasteiger partial charge in [-0.3, -0.25) is 9.36 Å². The van der Waals surface area contributed by atoms with Gasteiger partial charge in [0.15, 0.2) is 14.6 Å². The normalized spacial score (nSPS) is 15.8. The van der Waals surface area contributed by atoms with Crippen LogP contribution in [0.4, 0.5) is 0 Å². The van der Waals surface area contributed by atoms with Crippen LogP contribution in [0.15, 0.2) is 27.9 Å². The van der Waals surface area contributed by atoms with E-state index in [0.29, 0.717) is 15.7 Å². The van der Waals surface area contributed by atoms with Gasteiger partial charge in [-0.25, -0.2) is 8.42 Å². The summed E-state index contributed by atoms with van der Waals surface area (Å²) < 4.78 is 25.0. The lowest BCUT2D eigenvalue weighted by molar-refractivity contribution is 0.602. The third-order valence-electron chi connectivity index (χ3n) is 3.24. The van der Waals surface area contributed by atoms with Crippen LogP contribution in [0.5, 0.6) is 0 Å². The predicted molar refractivity (Wildman–Crippen MR) is 74.8 cm³/mol. The fourth-order valence-electron chi connectivity index (χ4n) is 2.10. The minimum atomic E-state index is -3.33. The van der Waals surface area contributed by atoms with E-state index in [-0.39, 0.29) is 16.5 Å². The largest absolute Gasteiger partial charge is 0.332 e. The summed E-state index contributed by atoms with van der Waals surface area (Å²) in [7, 11) is -3.33. The lowest BCUT2D eigenvalue weighted by atomic mass is 10.2. The molecule has 1 aliphatic carbocycles. The van der Waals surface area contributed by atoms with Crippen LogP contribution in [-0.4, -0.2) is 24.2 Å². The third kappa shape index (κ3) is 2.12. The molecule has 3 rings (SSSR count). The summed E-state index contributed by atoms with van der Waals surface area (Å²) >= 11 is 5.18. The van der Waals surface area contributed by atoms with Crippen LogP contribution in [0, 0.1) is 4.77 Å². The Labute approximate surface area is 114 Å². The Balaban J connectivity index is 2.39. The van der Waals surface area contributed by atoms with E-state index in [1.54, 1.807) is 10.6 Å². The molecule has 0 radical (unpaired) electrons. The van der Waals surface area contributed by atoms with Gasteiger partial charge in [-0.2, -0.15) is 0 Å². The molecule has 0 unspecified atom stereocenters. The van der Waals surface area contributed by atoms with E-state index in [9.17, 15) is 13.2 Å². The molecule has 0 aliphatic heterocycles. The molecule has 2 aromatic rings. The Morgan fingerprint density at radius 2 is 2.05 bits per heavy atom. The van der Waals surface area contributed by atoms with Crippen molar-refractivity contribution in [3.05, 3.63) is 33.3 Å². The molecule has 19 heavy (non-hydrogen) atoms. The summed E-state index contributed by atoms with van der Waals surface area (Å²) in [6.45, 7) is 0. The number of sulfone groups is 1. The average Bonchev–Trinajstić information content (AvgIpc) is 3.11. The molecule has 1 N–H and O–H groups in total. The second kappa shape index (κ2) is 4.01. The number of aromatic nitrogens is 2. The van der Waals surface area contributed by atoms with Crippen molar-refractivity contribution in [2.24, 2.45) is 0 Å². The van der Waals surface area contributed by atoms with Crippen molar-refractivity contribution in [1.29, 1.82) is 0 Å². The molecular weight excluding hydrogens is 284 g/mol. The van der Waals surface area contributed by atoms with Gasteiger partial charge in [0.1, 0.15) is 0 Å². The zero-order valence-corrected chi connectivity index (χ0v) is 11.8. The van der Waals surface area contributed by atoms with Crippen molar-refractivity contribution in [3.63, 3.8) is 0 Å². The number of H-pyrrole nitrogens is 1. The van der Waals surface area contributed by atoms with Crippen molar-refractivity contribution < 1.29 is 8.42 Å². The number of fused-ring (bicyclic) bond motifs is 1. The quantitative estimate of drug-likeness (QED) is 0.858. The molecule has 5 nitrogen and oxygen atoms in total. The van der Waals surface area contributed by atoms with E-state index in [4.69, 9.17) is 12.2 Å². The van der Waals surface area contributed by atoms with E-state index in [1.807, 2.05) is 0 Å². The van der Waals surface area contributed by atoms with E-state index in [0.717, 1.165) is 19.1 Å². The number of hydrogen-bond donors (Lipinski definition) is 1. The van der Waals surface area contributed by atoms with Crippen molar-refractivity contribution >= 4 is 33.0 Å². The number of rotatable bonds is 2. The van der Waals surface area contributed by atoms with Gasteiger partial charge in [-0.1, -0.05) is 0 Å². The number of hydrogen-bond acceptors (Lipinski definition) is 4. The van der Waals surface area contributed by atoms with E-state index in [1.165, 1.54) is 12.1 Å². The smallest absolute Gasteiger partial charge is 0.262 e. The van der Waals surface area contributed by atoms with Crippen LogP contribution in [0.1, 0.15) is 18.9 Å². The summed E-state index contributed by atoms with van der Waals surface area (Å²) in [4.78, 5) is 15.5. The van der Waals surface area contributed by atoms with Crippen LogP contribution in [0.25, 0.3) is 10.9 Å². The zero-order valence-electron chi connectivity index (χ0n) is 10.2. The van der Waals surface area contributed by atoms with Gasteiger partial charge in [0.05, 0.1) is 15.8 Å². The fourth-order valence-corrected chi connectivity index (χ4v) is 3.09. The Bertz CT molecular complexity index is 889. The highest BCUT2D eigenvalue weighted by molar-refractivity contribution is 7.90. The Morgan fingerprint density at radius 3 is 2.63 bits per heavy atom. The summed E-state index contributed by atoms with van der Waals surface area (Å²) in [5, 5.41) is 0.364. The highest BCUT2D eigenvalue weighted by atomic mass is 32.2. The summed E-state index contributed by atoms with van der Waals surface area (Å²) in [5.41, 5.74) is 0.353. The number of nitrogens with zero attached hydrogens (tertiary/aromatic N) is 1. The van der Waals surface area contributed by atoms with Gasteiger partial charge >= 0.3 is 0 Å². The fraction of sp³-hybridized carbons (Fsp3) is 0.333. The first-order valence-corrected chi connectivity index (χ1v) is 8.16. The number of benzene rings is 1. The Morgan fingerprint density at radius 1 is 1.37 bits per heavy atom. The molecule has 1 heterocycles. The maximum Gasteiger partial charge on any atom is 0.262 e. The molecular formula is C12H12N2O3S2. The second-order valence-corrected chi connectivity index (χ2v) is 7.22. The molecule has 1 aromatic carbocycles. The van der Waals surface area contributed by atoms with Crippen molar-refractivity contribution in [3.8, 4) is 0 Å². The molecule has 0 bridgehead atoms.